The van der Waals surface area contributed by atoms with Crippen molar-refractivity contribution in [2.24, 2.45) is 0 Å². The van der Waals surface area contributed by atoms with Gasteiger partial charge >= 0.3 is 0 Å². The van der Waals surface area contributed by atoms with Crippen molar-refractivity contribution in [1.29, 1.82) is 5.26 Å². The van der Waals surface area contributed by atoms with Gasteiger partial charge in [0, 0.05) is 23.0 Å². The van der Waals surface area contributed by atoms with Gasteiger partial charge in [-0.2, -0.15) is 5.26 Å². The minimum atomic E-state index is -0.193. The fourth-order valence-electron chi connectivity index (χ4n) is 1.72. The Morgan fingerprint density at radius 3 is 2.78 bits per heavy atom. The van der Waals surface area contributed by atoms with Crippen molar-refractivity contribution in [3.05, 3.63) is 57.5 Å². The zero-order valence-electron chi connectivity index (χ0n) is 9.98. The lowest BCUT2D eigenvalue weighted by molar-refractivity contribution is 0.530. The van der Waals surface area contributed by atoms with Crippen LogP contribution in [0.4, 0.5) is 4.39 Å². The van der Waals surface area contributed by atoms with Gasteiger partial charge in [-0.05, 0) is 25.1 Å². The summed E-state index contributed by atoms with van der Waals surface area (Å²) in [6, 6.07) is 12.5. The summed E-state index contributed by atoms with van der Waals surface area (Å²) in [7, 11) is 0. The van der Waals surface area contributed by atoms with Crippen LogP contribution >= 0.6 is 11.3 Å². The topological polar surface area (TPSA) is 35.8 Å². The van der Waals surface area contributed by atoms with E-state index >= 15 is 0 Å². The molecule has 1 aromatic heterocycles. The van der Waals surface area contributed by atoms with Crippen LogP contribution in [0, 0.1) is 17.1 Å². The number of nitrogens with zero attached hydrogens (tertiary/aromatic N) is 1. The summed E-state index contributed by atoms with van der Waals surface area (Å²) in [4.78, 5) is 1.78. The van der Waals surface area contributed by atoms with Crippen LogP contribution in [0.2, 0.25) is 0 Å². The van der Waals surface area contributed by atoms with Crippen LogP contribution in [0.5, 0.6) is 0 Å². The predicted octanol–water partition coefficient (Wildman–Crippen LogP) is 3.61. The summed E-state index contributed by atoms with van der Waals surface area (Å²) < 4.78 is 13.5. The molecule has 0 saturated carbocycles. The molecule has 0 bridgehead atoms. The molecule has 4 heteroatoms. The zero-order valence-corrected chi connectivity index (χ0v) is 10.8. The van der Waals surface area contributed by atoms with E-state index < -0.39 is 0 Å². The van der Waals surface area contributed by atoms with Crippen LogP contribution in [0.15, 0.2) is 36.4 Å². The van der Waals surface area contributed by atoms with Crippen molar-refractivity contribution < 1.29 is 4.39 Å². The minimum Gasteiger partial charge on any atom is -0.305 e. The Labute approximate surface area is 110 Å². The van der Waals surface area contributed by atoms with Crippen LogP contribution in [0.1, 0.15) is 28.3 Å². The van der Waals surface area contributed by atoms with Gasteiger partial charge in [0.15, 0.2) is 0 Å². The molecule has 18 heavy (non-hydrogen) atoms. The number of halogens is 1. The van der Waals surface area contributed by atoms with Crippen LogP contribution in [-0.2, 0) is 6.54 Å². The molecule has 0 spiro atoms. The van der Waals surface area contributed by atoms with Gasteiger partial charge < -0.3 is 5.32 Å². The Morgan fingerprint density at radius 1 is 1.33 bits per heavy atom. The monoisotopic (exact) mass is 260 g/mol. The van der Waals surface area contributed by atoms with Gasteiger partial charge in [-0.1, -0.05) is 18.2 Å². The SMILES string of the molecule is C[C@@H](NCc1ccc(C#N)s1)c1ccccc1F. The fourth-order valence-corrected chi connectivity index (χ4v) is 2.48. The second-order valence-corrected chi connectivity index (χ2v) is 5.17. The van der Waals surface area contributed by atoms with Crippen molar-refractivity contribution in [2.45, 2.75) is 19.5 Å². The van der Waals surface area contributed by atoms with Gasteiger partial charge in [-0.3, -0.25) is 0 Å². The number of nitrogens with one attached hydrogen (secondary N) is 1. The van der Waals surface area contributed by atoms with E-state index in [9.17, 15) is 4.39 Å². The van der Waals surface area contributed by atoms with Gasteiger partial charge in [0.2, 0.25) is 0 Å². The largest absolute Gasteiger partial charge is 0.305 e. The summed E-state index contributed by atoms with van der Waals surface area (Å²) in [5.41, 5.74) is 0.662. The first-order chi connectivity index (χ1) is 8.70. The maximum atomic E-state index is 13.5. The molecule has 0 radical (unpaired) electrons. The van der Waals surface area contributed by atoms with Crippen molar-refractivity contribution >= 4 is 11.3 Å². The molecule has 0 aliphatic rings. The van der Waals surface area contributed by atoms with Gasteiger partial charge in [0.25, 0.3) is 0 Å². The minimum absolute atomic E-state index is 0.0566. The molecular weight excluding hydrogens is 247 g/mol. The Kier molecular flexibility index (Phi) is 4.08. The van der Waals surface area contributed by atoms with Crippen molar-refractivity contribution in [1.82, 2.24) is 5.32 Å². The third kappa shape index (κ3) is 2.95. The zero-order chi connectivity index (χ0) is 13.0. The number of hydrogen-bond acceptors (Lipinski definition) is 3. The molecule has 0 saturated heterocycles. The molecule has 92 valence electrons. The van der Waals surface area contributed by atoms with Crippen LogP contribution in [0.25, 0.3) is 0 Å². The Balaban J connectivity index is 1.98. The molecule has 1 aromatic carbocycles. The second kappa shape index (κ2) is 5.76. The van der Waals surface area contributed by atoms with Crippen molar-refractivity contribution in [2.75, 3.05) is 0 Å². The second-order valence-electron chi connectivity index (χ2n) is 4.00. The number of thiophene rings is 1. The summed E-state index contributed by atoms with van der Waals surface area (Å²) in [5.74, 6) is -0.193. The lowest BCUT2D eigenvalue weighted by atomic mass is 10.1. The standard InChI is InChI=1S/C14H13FN2S/c1-10(13-4-2-3-5-14(13)15)17-9-12-7-6-11(8-16)18-12/h2-7,10,17H,9H2,1H3/t10-/m1/s1. The van der Waals surface area contributed by atoms with Gasteiger partial charge in [0.1, 0.15) is 16.8 Å². The van der Waals surface area contributed by atoms with E-state index in [2.05, 4.69) is 11.4 Å². The maximum Gasteiger partial charge on any atom is 0.127 e. The fraction of sp³-hybridized carbons (Fsp3) is 0.214. The quantitative estimate of drug-likeness (QED) is 0.911. The van der Waals surface area contributed by atoms with Gasteiger partial charge in [-0.15, -0.1) is 11.3 Å². The lowest BCUT2D eigenvalue weighted by Gasteiger charge is -2.14. The molecule has 0 unspecified atom stereocenters. The Hall–Kier alpha value is -1.70. The van der Waals surface area contributed by atoms with Crippen LogP contribution < -0.4 is 5.32 Å². The average molecular weight is 260 g/mol. The normalized spacial score (nSPS) is 12.1. The van der Waals surface area contributed by atoms with E-state index in [0.29, 0.717) is 17.0 Å². The smallest absolute Gasteiger partial charge is 0.127 e. The summed E-state index contributed by atoms with van der Waals surface area (Å²) in [6.45, 7) is 2.57. The molecule has 1 heterocycles. The first-order valence-electron chi connectivity index (χ1n) is 5.67. The summed E-state index contributed by atoms with van der Waals surface area (Å²) in [5, 5.41) is 12.0. The molecule has 2 rings (SSSR count). The molecule has 2 aromatic rings. The van der Waals surface area contributed by atoms with Gasteiger partial charge in [0.05, 0.1) is 0 Å². The molecule has 0 amide bonds. The van der Waals surface area contributed by atoms with E-state index in [1.54, 1.807) is 18.2 Å². The van der Waals surface area contributed by atoms with E-state index in [-0.39, 0.29) is 11.9 Å². The molecule has 1 atom stereocenters. The number of benzene rings is 1. The third-order valence-corrected chi connectivity index (χ3v) is 3.72. The molecule has 0 aliphatic heterocycles. The molecule has 0 aliphatic carbocycles. The molecule has 0 fully saturated rings. The van der Waals surface area contributed by atoms with Crippen LogP contribution in [0.3, 0.4) is 0 Å². The molecule has 1 N–H and O–H groups in total. The van der Waals surface area contributed by atoms with E-state index in [0.717, 1.165) is 4.88 Å². The highest BCUT2D eigenvalue weighted by atomic mass is 32.1. The highest BCUT2D eigenvalue weighted by Crippen LogP contribution is 2.19. The Morgan fingerprint density at radius 2 is 2.11 bits per heavy atom. The molecular formula is C14H13FN2S. The number of rotatable bonds is 4. The Bertz CT molecular complexity index is 571. The summed E-state index contributed by atoms with van der Waals surface area (Å²) >= 11 is 1.46. The lowest BCUT2D eigenvalue weighted by Crippen LogP contribution is -2.18. The number of nitriles is 1. The van der Waals surface area contributed by atoms with E-state index in [1.807, 2.05) is 19.1 Å². The van der Waals surface area contributed by atoms with Crippen molar-refractivity contribution in [3.8, 4) is 6.07 Å². The summed E-state index contributed by atoms with van der Waals surface area (Å²) in [6.07, 6.45) is 0. The highest BCUT2D eigenvalue weighted by Gasteiger charge is 2.09. The number of hydrogen-bond donors (Lipinski definition) is 1. The van der Waals surface area contributed by atoms with Crippen molar-refractivity contribution in [3.63, 3.8) is 0 Å². The first kappa shape index (κ1) is 12.7. The highest BCUT2D eigenvalue weighted by molar-refractivity contribution is 7.12. The van der Waals surface area contributed by atoms with Crippen LogP contribution in [-0.4, -0.2) is 0 Å². The third-order valence-electron chi connectivity index (χ3n) is 2.73. The molecule has 2 nitrogen and oxygen atoms in total. The maximum absolute atomic E-state index is 13.5. The van der Waals surface area contributed by atoms with E-state index in [4.69, 9.17) is 5.26 Å². The van der Waals surface area contributed by atoms with E-state index in [1.165, 1.54) is 17.4 Å². The first-order valence-corrected chi connectivity index (χ1v) is 6.49. The van der Waals surface area contributed by atoms with Gasteiger partial charge in [-0.25, -0.2) is 4.39 Å². The average Bonchev–Trinajstić information content (AvgIpc) is 2.84. The predicted molar refractivity (Wildman–Crippen MR) is 70.7 cm³/mol.